The number of ether oxygens (including phenoxy) is 1. The van der Waals surface area contributed by atoms with Crippen LogP contribution >= 0.6 is 11.6 Å². The van der Waals surface area contributed by atoms with E-state index in [0.717, 1.165) is 11.6 Å². The van der Waals surface area contributed by atoms with Gasteiger partial charge in [0.05, 0.1) is 5.56 Å². The van der Waals surface area contributed by atoms with E-state index in [1.807, 2.05) is 13.0 Å². The summed E-state index contributed by atoms with van der Waals surface area (Å²) in [6, 6.07) is 4.68. The van der Waals surface area contributed by atoms with Crippen LogP contribution in [0.3, 0.4) is 0 Å². The van der Waals surface area contributed by atoms with Crippen LogP contribution in [-0.2, 0) is 12.7 Å². The average molecular weight is 499 g/mol. The summed E-state index contributed by atoms with van der Waals surface area (Å²) in [5, 5.41) is 15.4. The van der Waals surface area contributed by atoms with Crippen molar-refractivity contribution in [1.29, 1.82) is 0 Å². The number of halogens is 4. The van der Waals surface area contributed by atoms with Gasteiger partial charge in [-0.2, -0.15) is 18.2 Å². The van der Waals surface area contributed by atoms with E-state index in [9.17, 15) is 18.0 Å². The second kappa shape index (κ2) is 11.4. The number of anilines is 1. The van der Waals surface area contributed by atoms with Crippen LogP contribution in [0.4, 0.5) is 19.0 Å². The molecule has 3 rings (SSSR count). The van der Waals surface area contributed by atoms with Gasteiger partial charge < -0.3 is 20.5 Å². The smallest absolute Gasteiger partial charge is 0.419 e. The summed E-state index contributed by atoms with van der Waals surface area (Å²) in [6.07, 6.45) is 0.535. The molecule has 1 aromatic carbocycles. The molecule has 11 heteroatoms. The van der Waals surface area contributed by atoms with E-state index < -0.39 is 23.4 Å². The normalized spacial score (nSPS) is 13.8. The molecule has 1 aliphatic rings. The summed E-state index contributed by atoms with van der Waals surface area (Å²) in [7, 11) is 0. The summed E-state index contributed by atoms with van der Waals surface area (Å²) in [5.41, 5.74) is 0.0825. The zero-order valence-electron chi connectivity index (χ0n) is 18.6. The molecule has 0 bridgehead atoms. The Kier molecular flexibility index (Phi) is 8.62. The van der Waals surface area contributed by atoms with E-state index in [0.29, 0.717) is 30.8 Å². The highest BCUT2D eigenvalue weighted by atomic mass is 35.5. The average Bonchev–Trinajstić information content (AvgIpc) is 3.11. The van der Waals surface area contributed by atoms with Gasteiger partial charge in [-0.15, -0.1) is 0 Å². The number of aliphatic hydroxyl groups excluding tert-OH is 1. The van der Waals surface area contributed by atoms with Gasteiger partial charge in [0.15, 0.2) is 11.5 Å². The van der Waals surface area contributed by atoms with Crippen molar-refractivity contribution in [2.75, 3.05) is 25.0 Å². The Hall–Kier alpha value is -2.98. The van der Waals surface area contributed by atoms with E-state index >= 15 is 0 Å². The third-order valence-electron chi connectivity index (χ3n) is 5.05. The topological polar surface area (TPSA) is 88.4 Å². The van der Waals surface area contributed by atoms with Crippen LogP contribution in [0.15, 0.2) is 47.0 Å². The number of alkyl halides is 3. The third-order valence-corrected chi connectivity index (χ3v) is 5.37. The van der Waals surface area contributed by atoms with Gasteiger partial charge in [0.25, 0.3) is 5.91 Å². The molecule has 1 amide bonds. The Morgan fingerprint density at radius 3 is 2.68 bits per heavy atom. The maximum Gasteiger partial charge on any atom is 0.419 e. The Morgan fingerprint density at radius 1 is 1.26 bits per heavy atom. The Morgan fingerprint density at radius 2 is 2.03 bits per heavy atom. The molecule has 3 N–H and O–H groups in total. The van der Waals surface area contributed by atoms with Crippen molar-refractivity contribution in [2.45, 2.75) is 38.9 Å². The fourth-order valence-electron chi connectivity index (χ4n) is 3.42. The molecule has 34 heavy (non-hydrogen) atoms. The van der Waals surface area contributed by atoms with Gasteiger partial charge in [-0.25, -0.2) is 0 Å². The number of nitrogens with zero attached hydrogens (tertiary/aromatic N) is 2. The van der Waals surface area contributed by atoms with Crippen LogP contribution in [0.25, 0.3) is 0 Å². The van der Waals surface area contributed by atoms with E-state index in [4.69, 9.17) is 21.4 Å². The monoisotopic (exact) mass is 498 g/mol. The quantitative estimate of drug-likeness (QED) is 0.397. The highest BCUT2D eigenvalue weighted by molar-refractivity contribution is 6.29. The number of allylic oxidation sites excluding steroid dienone is 4. The molecular formula is C23H26ClF3N4O3. The molecule has 184 valence electrons. The molecular weight excluding hydrogens is 473 g/mol. The highest BCUT2D eigenvalue weighted by Gasteiger charge is 2.35. The molecule has 1 aromatic heterocycles. The van der Waals surface area contributed by atoms with Gasteiger partial charge in [0.2, 0.25) is 0 Å². The predicted molar refractivity (Wildman–Crippen MR) is 123 cm³/mol. The molecule has 1 aliphatic carbocycles. The maximum absolute atomic E-state index is 13.5. The summed E-state index contributed by atoms with van der Waals surface area (Å²) in [5.74, 6) is -0.716. The van der Waals surface area contributed by atoms with Crippen LogP contribution in [0, 0.1) is 0 Å². The van der Waals surface area contributed by atoms with Gasteiger partial charge in [0, 0.05) is 31.3 Å². The first-order valence-corrected chi connectivity index (χ1v) is 11.2. The standard InChI is InChI=1S/C23H26ClF3N4O3/c1-2-28-20-19(21(33)29-12-5-13-32)31(14-15-8-10-16(24)11-9-15)22(30-20)34-18-7-4-3-6-17(18)23(25,26)27/h3-4,6-8,10,28,32H,2,5,9,11-14H2,1H3,(H,29,33). The maximum atomic E-state index is 13.5. The fraction of sp³-hybridized carbons (Fsp3) is 0.391. The molecule has 0 aliphatic heterocycles. The van der Waals surface area contributed by atoms with Crippen LogP contribution in [0.1, 0.15) is 42.2 Å². The zero-order valence-corrected chi connectivity index (χ0v) is 19.3. The van der Waals surface area contributed by atoms with Crippen molar-refractivity contribution in [3.63, 3.8) is 0 Å². The Balaban J connectivity index is 2.07. The molecule has 0 atom stereocenters. The third kappa shape index (κ3) is 6.32. The van der Waals surface area contributed by atoms with E-state index in [1.165, 1.54) is 22.8 Å². The number of nitrogens with one attached hydrogen (secondary N) is 2. The van der Waals surface area contributed by atoms with E-state index in [2.05, 4.69) is 15.6 Å². The summed E-state index contributed by atoms with van der Waals surface area (Å²) in [6.45, 7) is 2.53. The highest BCUT2D eigenvalue weighted by Crippen LogP contribution is 2.39. The van der Waals surface area contributed by atoms with Gasteiger partial charge in [0.1, 0.15) is 5.75 Å². The first kappa shape index (κ1) is 25.6. The summed E-state index contributed by atoms with van der Waals surface area (Å²) in [4.78, 5) is 17.4. The number of hydrogen-bond acceptors (Lipinski definition) is 5. The lowest BCUT2D eigenvalue weighted by atomic mass is 10.0. The molecule has 0 saturated carbocycles. The molecule has 0 unspecified atom stereocenters. The van der Waals surface area contributed by atoms with Crippen molar-refractivity contribution >= 4 is 23.3 Å². The number of amides is 1. The zero-order chi connectivity index (χ0) is 24.7. The SMILES string of the molecule is CCNc1nc(Oc2ccccc2C(F)(F)F)n(CC2=CC=C(Cl)CC2)c1C(=O)NCCCO. The van der Waals surface area contributed by atoms with Gasteiger partial charge in [-0.1, -0.05) is 29.8 Å². The number of aromatic nitrogens is 2. The van der Waals surface area contributed by atoms with Crippen molar-refractivity contribution in [1.82, 2.24) is 14.9 Å². The van der Waals surface area contributed by atoms with Crippen LogP contribution in [0.2, 0.25) is 0 Å². The van der Waals surface area contributed by atoms with Crippen molar-refractivity contribution in [3.05, 3.63) is 58.3 Å². The van der Waals surface area contributed by atoms with E-state index in [1.54, 1.807) is 6.08 Å². The Labute approximate surface area is 200 Å². The molecule has 0 saturated heterocycles. The second-order valence-corrected chi connectivity index (χ2v) is 8.06. The molecule has 0 spiro atoms. The first-order valence-electron chi connectivity index (χ1n) is 10.9. The van der Waals surface area contributed by atoms with Gasteiger partial charge >= 0.3 is 12.2 Å². The molecule has 0 fully saturated rings. The minimum absolute atomic E-state index is 0.0951. The van der Waals surface area contributed by atoms with Gasteiger partial charge in [-0.05, 0) is 50.0 Å². The lowest BCUT2D eigenvalue weighted by molar-refractivity contribution is -0.138. The number of carbonyl (C=O) groups excluding carboxylic acids is 1. The van der Waals surface area contributed by atoms with Crippen LogP contribution in [-0.4, -0.2) is 40.3 Å². The molecule has 7 nitrogen and oxygen atoms in total. The predicted octanol–water partition coefficient (Wildman–Crippen LogP) is 5.08. The van der Waals surface area contributed by atoms with Crippen molar-refractivity contribution in [2.24, 2.45) is 0 Å². The first-order chi connectivity index (χ1) is 16.2. The summed E-state index contributed by atoms with van der Waals surface area (Å²) >= 11 is 6.05. The molecule has 2 aromatic rings. The minimum Gasteiger partial charge on any atom is -0.425 e. The lowest BCUT2D eigenvalue weighted by Crippen LogP contribution is -2.28. The second-order valence-electron chi connectivity index (χ2n) is 7.58. The number of carbonyl (C=O) groups is 1. The van der Waals surface area contributed by atoms with Gasteiger partial charge in [-0.3, -0.25) is 9.36 Å². The number of aliphatic hydroxyl groups is 1. The molecule has 1 heterocycles. The van der Waals surface area contributed by atoms with Crippen molar-refractivity contribution < 1.29 is 27.8 Å². The fourth-order valence-corrected chi connectivity index (χ4v) is 3.58. The largest absolute Gasteiger partial charge is 0.425 e. The number of imidazole rings is 1. The number of benzene rings is 1. The Bertz CT molecular complexity index is 1080. The number of hydrogen-bond donors (Lipinski definition) is 3. The number of para-hydroxylation sites is 1. The molecule has 0 radical (unpaired) electrons. The van der Waals surface area contributed by atoms with Crippen molar-refractivity contribution in [3.8, 4) is 11.8 Å². The summed E-state index contributed by atoms with van der Waals surface area (Å²) < 4.78 is 47.7. The van der Waals surface area contributed by atoms with E-state index in [-0.39, 0.29) is 37.2 Å². The van der Waals surface area contributed by atoms with Crippen LogP contribution < -0.4 is 15.4 Å². The number of rotatable bonds is 10. The van der Waals surface area contributed by atoms with Crippen LogP contribution in [0.5, 0.6) is 11.8 Å². The lowest BCUT2D eigenvalue weighted by Gasteiger charge is -2.17. The minimum atomic E-state index is -4.63.